The first-order valence-corrected chi connectivity index (χ1v) is 13.8. The molecule has 4 aromatic rings. The van der Waals surface area contributed by atoms with Crippen LogP contribution < -0.4 is 0 Å². The van der Waals surface area contributed by atoms with E-state index in [1.165, 1.54) is 17.4 Å². The third-order valence-electron chi connectivity index (χ3n) is 6.66. The summed E-state index contributed by atoms with van der Waals surface area (Å²) >= 11 is 0. The quantitative estimate of drug-likeness (QED) is 0.396. The normalized spacial score (nSPS) is 14.7. The van der Waals surface area contributed by atoms with E-state index in [1.807, 2.05) is 16.6 Å². The minimum absolute atomic E-state index is 0.204. The number of rotatable bonds is 7. The lowest BCUT2D eigenvalue weighted by atomic mass is 9.96. The van der Waals surface area contributed by atoms with Gasteiger partial charge in [-0.2, -0.15) is 0 Å². The average Bonchev–Trinajstić information content (AvgIpc) is 3.24. The van der Waals surface area contributed by atoms with E-state index in [4.69, 9.17) is 4.74 Å². The number of sulfone groups is 1. The second-order valence-corrected chi connectivity index (χ2v) is 11.4. The van der Waals surface area contributed by atoms with Crippen molar-refractivity contribution in [1.29, 1.82) is 0 Å². The maximum atomic E-state index is 11.6. The van der Waals surface area contributed by atoms with Crippen LogP contribution in [-0.4, -0.2) is 66.7 Å². The fraction of sp³-hybridized carbons (Fsp3) is 0.333. The summed E-state index contributed by atoms with van der Waals surface area (Å²) in [4.78, 5) is 6.73. The van der Waals surface area contributed by atoms with Crippen molar-refractivity contribution in [2.75, 3.05) is 38.8 Å². The van der Waals surface area contributed by atoms with Crippen molar-refractivity contribution >= 4 is 15.5 Å². The lowest BCUT2D eigenvalue weighted by Crippen LogP contribution is -2.31. The molecule has 0 spiro atoms. The highest BCUT2D eigenvalue weighted by molar-refractivity contribution is 7.90. The van der Waals surface area contributed by atoms with Gasteiger partial charge in [0.05, 0.1) is 18.1 Å². The molecule has 0 unspecified atom stereocenters. The predicted octanol–water partition coefficient (Wildman–Crippen LogP) is 3.46. The summed E-state index contributed by atoms with van der Waals surface area (Å²) < 4.78 is 30.4. The van der Waals surface area contributed by atoms with Crippen molar-refractivity contribution in [2.45, 2.75) is 19.4 Å². The van der Waals surface area contributed by atoms with E-state index in [0.717, 1.165) is 59.5 Å². The first-order chi connectivity index (χ1) is 16.9. The monoisotopic (exact) mass is 489 g/mol. The number of methoxy groups -OCH3 is 1. The Bertz CT molecular complexity index is 1460. The Morgan fingerprint density at radius 2 is 1.80 bits per heavy atom. The number of ether oxygens (including phenoxy) is 1. The molecule has 1 aliphatic rings. The zero-order valence-electron chi connectivity index (χ0n) is 20.1. The lowest BCUT2D eigenvalue weighted by molar-refractivity contribution is 0.185. The number of aromatic nitrogens is 3. The van der Waals surface area contributed by atoms with Gasteiger partial charge >= 0.3 is 0 Å². The second kappa shape index (κ2) is 9.89. The SMILES string of the molecule is COCc1ccccc1-c1ccc(-c2ccc3c(c2)CCN(CCS(C)(=O)=O)CC3)c2n[c]nn12. The van der Waals surface area contributed by atoms with Crippen LogP contribution in [0.4, 0.5) is 0 Å². The summed E-state index contributed by atoms with van der Waals surface area (Å²) in [7, 11) is -1.26. The largest absolute Gasteiger partial charge is 0.380 e. The lowest BCUT2D eigenvalue weighted by Gasteiger charge is -2.18. The van der Waals surface area contributed by atoms with E-state index in [-0.39, 0.29) is 5.75 Å². The summed E-state index contributed by atoms with van der Waals surface area (Å²) in [5.41, 5.74) is 8.58. The standard InChI is InChI=1S/C27H29N4O3S/c1-34-18-23-5-3-4-6-24(23)26-10-9-25(27-28-19-29-31(26)27)22-8-7-20-11-13-30(14-12-21(20)17-22)15-16-35(2,32)33/h3-10,17H,11-16,18H2,1-2H3. The molecular weight excluding hydrogens is 460 g/mol. The van der Waals surface area contributed by atoms with E-state index in [9.17, 15) is 8.42 Å². The number of nitrogens with zero attached hydrogens (tertiary/aromatic N) is 4. The van der Waals surface area contributed by atoms with Gasteiger partial charge in [0, 0.05) is 44.1 Å². The predicted molar refractivity (Wildman–Crippen MR) is 137 cm³/mol. The van der Waals surface area contributed by atoms with Gasteiger partial charge < -0.3 is 9.64 Å². The molecule has 0 saturated heterocycles. The van der Waals surface area contributed by atoms with Crippen molar-refractivity contribution < 1.29 is 13.2 Å². The maximum Gasteiger partial charge on any atom is 0.221 e. The molecule has 7 nitrogen and oxygen atoms in total. The summed E-state index contributed by atoms with van der Waals surface area (Å²) in [5.74, 6) is 0.204. The van der Waals surface area contributed by atoms with Gasteiger partial charge in [-0.05, 0) is 47.2 Å². The summed E-state index contributed by atoms with van der Waals surface area (Å²) in [6.07, 6.45) is 5.90. The van der Waals surface area contributed by atoms with Crippen molar-refractivity contribution in [2.24, 2.45) is 0 Å². The number of hydrogen-bond donors (Lipinski definition) is 0. The molecule has 2 aromatic heterocycles. The van der Waals surface area contributed by atoms with Crippen LogP contribution in [0.25, 0.3) is 28.0 Å². The molecule has 181 valence electrons. The molecule has 35 heavy (non-hydrogen) atoms. The molecule has 0 atom stereocenters. The van der Waals surface area contributed by atoms with E-state index in [0.29, 0.717) is 13.2 Å². The summed E-state index contributed by atoms with van der Waals surface area (Å²) in [6, 6.07) is 18.9. The number of fused-ring (bicyclic) bond motifs is 2. The number of hydrogen-bond acceptors (Lipinski definition) is 6. The van der Waals surface area contributed by atoms with Gasteiger partial charge in [0.25, 0.3) is 0 Å². The summed E-state index contributed by atoms with van der Waals surface area (Å²) in [6.45, 7) is 2.84. The molecule has 5 rings (SSSR count). The minimum Gasteiger partial charge on any atom is -0.380 e. The second-order valence-electron chi connectivity index (χ2n) is 9.12. The summed E-state index contributed by atoms with van der Waals surface area (Å²) in [5, 5.41) is 4.42. The molecule has 1 aliphatic heterocycles. The van der Waals surface area contributed by atoms with Crippen LogP contribution >= 0.6 is 0 Å². The van der Waals surface area contributed by atoms with E-state index < -0.39 is 9.84 Å². The van der Waals surface area contributed by atoms with Crippen molar-refractivity contribution in [3.05, 3.63) is 77.6 Å². The molecule has 8 heteroatoms. The third-order valence-corrected chi connectivity index (χ3v) is 7.59. The Kier molecular flexibility index (Phi) is 6.69. The fourth-order valence-electron chi connectivity index (χ4n) is 4.80. The number of benzene rings is 2. The topological polar surface area (TPSA) is 76.8 Å². The van der Waals surface area contributed by atoms with Crippen LogP contribution in [0, 0.1) is 6.33 Å². The minimum atomic E-state index is -2.96. The van der Waals surface area contributed by atoms with Gasteiger partial charge in [-0.1, -0.05) is 42.5 Å². The van der Waals surface area contributed by atoms with Crippen molar-refractivity contribution in [3.63, 3.8) is 0 Å². The zero-order valence-corrected chi connectivity index (χ0v) is 20.9. The molecule has 0 saturated carbocycles. The molecule has 0 amide bonds. The molecule has 0 fully saturated rings. The van der Waals surface area contributed by atoms with Gasteiger partial charge in [-0.15, -0.1) is 5.10 Å². The average molecular weight is 490 g/mol. The molecule has 1 radical (unpaired) electrons. The first kappa shape index (κ1) is 23.7. The van der Waals surface area contributed by atoms with Crippen molar-refractivity contribution in [1.82, 2.24) is 19.5 Å². The van der Waals surface area contributed by atoms with Crippen LogP contribution in [0.1, 0.15) is 16.7 Å². The highest BCUT2D eigenvalue weighted by atomic mass is 32.2. The molecule has 0 aliphatic carbocycles. The van der Waals surface area contributed by atoms with Crippen molar-refractivity contribution in [3.8, 4) is 22.4 Å². The smallest absolute Gasteiger partial charge is 0.221 e. The maximum absolute atomic E-state index is 11.6. The molecule has 0 bridgehead atoms. The Morgan fingerprint density at radius 1 is 1.00 bits per heavy atom. The van der Waals surface area contributed by atoms with E-state index in [1.54, 1.807) is 7.11 Å². The van der Waals surface area contributed by atoms with Gasteiger partial charge in [0.15, 0.2) is 5.65 Å². The number of pyridine rings is 1. The molecular formula is C27H29N4O3S. The van der Waals surface area contributed by atoms with Crippen LogP contribution in [0.3, 0.4) is 0 Å². The molecule has 0 N–H and O–H groups in total. The van der Waals surface area contributed by atoms with E-state index >= 15 is 0 Å². The molecule has 3 heterocycles. The van der Waals surface area contributed by atoms with Crippen LogP contribution in [-0.2, 0) is 34.0 Å². The Hall–Kier alpha value is -3.07. The Balaban J connectivity index is 1.46. The third kappa shape index (κ3) is 5.15. The van der Waals surface area contributed by atoms with Crippen LogP contribution in [0.15, 0.2) is 54.6 Å². The van der Waals surface area contributed by atoms with E-state index in [2.05, 4.69) is 63.8 Å². The fourth-order valence-corrected chi connectivity index (χ4v) is 5.39. The highest BCUT2D eigenvalue weighted by Gasteiger charge is 2.18. The van der Waals surface area contributed by atoms with Gasteiger partial charge in [0.2, 0.25) is 6.33 Å². The van der Waals surface area contributed by atoms with Gasteiger partial charge in [0.1, 0.15) is 9.84 Å². The van der Waals surface area contributed by atoms with Gasteiger partial charge in [-0.25, -0.2) is 17.9 Å². The Labute approximate surface area is 206 Å². The Morgan fingerprint density at radius 3 is 2.60 bits per heavy atom. The highest BCUT2D eigenvalue weighted by Crippen LogP contribution is 2.31. The first-order valence-electron chi connectivity index (χ1n) is 11.8. The van der Waals surface area contributed by atoms with Crippen LogP contribution in [0.5, 0.6) is 0 Å². The van der Waals surface area contributed by atoms with Crippen LogP contribution in [0.2, 0.25) is 0 Å². The van der Waals surface area contributed by atoms with Gasteiger partial charge in [-0.3, -0.25) is 0 Å². The molecule has 2 aromatic carbocycles. The zero-order chi connectivity index (χ0) is 24.4.